The quantitative estimate of drug-likeness (QED) is 0.699. The van der Waals surface area contributed by atoms with Crippen LogP contribution in [0, 0.1) is 0 Å². The number of rotatable bonds is 2. The van der Waals surface area contributed by atoms with Crippen LogP contribution in [0.4, 0.5) is 16.2 Å². The van der Waals surface area contributed by atoms with E-state index in [1.807, 2.05) is 22.9 Å². The third kappa shape index (κ3) is 2.14. The second-order valence-electron chi connectivity index (χ2n) is 3.24. The lowest BCUT2D eigenvalue weighted by Gasteiger charge is -2.06. The lowest BCUT2D eigenvalue weighted by molar-refractivity contribution is 0.210. The van der Waals surface area contributed by atoms with Gasteiger partial charge in [0.2, 0.25) is 0 Å². The Labute approximate surface area is 96.3 Å². The number of carboxylic acid groups (broad SMARTS) is 1. The first-order chi connectivity index (χ1) is 7.66. The van der Waals surface area contributed by atoms with E-state index in [9.17, 15) is 4.79 Å². The maximum Gasteiger partial charge on any atom is 0.409 e. The molecule has 0 aliphatic heterocycles. The van der Waals surface area contributed by atoms with Gasteiger partial charge < -0.3 is 10.8 Å². The Morgan fingerprint density at radius 2 is 2.12 bits per heavy atom. The zero-order valence-corrected chi connectivity index (χ0v) is 9.12. The maximum atomic E-state index is 10.5. The summed E-state index contributed by atoms with van der Waals surface area (Å²) in [7, 11) is 0. The van der Waals surface area contributed by atoms with E-state index in [1.165, 1.54) is 0 Å². The molecule has 0 aliphatic carbocycles. The van der Waals surface area contributed by atoms with Crippen molar-refractivity contribution in [3.05, 3.63) is 35.0 Å². The van der Waals surface area contributed by atoms with E-state index < -0.39 is 6.09 Å². The van der Waals surface area contributed by atoms with Gasteiger partial charge in [0.15, 0.2) is 0 Å². The van der Waals surface area contributed by atoms with Gasteiger partial charge in [0, 0.05) is 0 Å². The highest BCUT2D eigenvalue weighted by Gasteiger charge is 2.05. The molecule has 5 heteroatoms. The van der Waals surface area contributed by atoms with Gasteiger partial charge in [0.05, 0.1) is 11.4 Å². The van der Waals surface area contributed by atoms with Crippen LogP contribution in [0.3, 0.4) is 0 Å². The molecule has 16 heavy (non-hydrogen) atoms. The van der Waals surface area contributed by atoms with Gasteiger partial charge in [-0.2, -0.15) is 11.3 Å². The first-order valence-corrected chi connectivity index (χ1v) is 5.53. The number of nitrogens with two attached hydrogens (primary N) is 1. The predicted molar refractivity (Wildman–Crippen MR) is 65.8 cm³/mol. The molecule has 0 spiro atoms. The molecular formula is C11H10N2O2S. The van der Waals surface area contributed by atoms with Crippen molar-refractivity contribution in [1.29, 1.82) is 0 Å². The molecule has 1 amide bonds. The molecule has 2 aromatic rings. The van der Waals surface area contributed by atoms with Crippen LogP contribution in [0.2, 0.25) is 0 Å². The third-order valence-corrected chi connectivity index (χ3v) is 2.83. The Kier molecular flexibility index (Phi) is 2.78. The number of benzene rings is 1. The Balaban J connectivity index is 2.33. The fraction of sp³-hybridized carbons (Fsp3) is 0. The van der Waals surface area contributed by atoms with E-state index in [0.29, 0.717) is 11.4 Å². The summed E-state index contributed by atoms with van der Waals surface area (Å²) in [5.41, 5.74) is 8.65. The van der Waals surface area contributed by atoms with Gasteiger partial charge in [-0.05, 0) is 40.1 Å². The summed E-state index contributed by atoms with van der Waals surface area (Å²) in [6.07, 6.45) is -1.12. The Hall–Kier alpha value is -2.01. The minimum Gasteiger partial charge on any atom is -0.465 e. The number of anilines is 2. The van der Waals surface area contributed by atoms with Crippen molar-refractivity contribution in [1.82, 2.24) is 0 Å². The van der Waals surface area contributed by atoms with Gasteiger partial charge in [-0.25, -0.2) is 4.79 Å². The first-order valence-electron chi connectivity index (χ1n) is 4.59. The van der Waals surface area contributed by atoms with Crippen molar-refractivity contribution in [3.8, 4) is 11.1 Å². The minimum absolute atomic E-state index is 0.409. The highest BCUT2D eigenvalue weighted by molar-refractivity contribution is 7.08. The molecule has 4 nitrogen and oxygen atoms in total. The Morgan fingerprint density at radius 1 is 1.31 bits per heavy atom. The monoisotopic (exact) mass is 234 g/mol. The van der Waals surface area contributed by atoms with Gasteiger partial charge in [0.1, 0.15) is 0 Å². The molecule has 0 atom stereocenters. The van der Waals surface area contributed by atoms with Crippen LogP contribution in [0.5, 0.6) is 0 Å². The van der Waals surface area contributed by atoms with E-state index in [-0.39, 0.29) is 0 Å². The number of hydrogen-bond donors (Lipinski definition) is 3. The molecule has 0 unspecified atom stereocenters. The number of thiophene rings is 1. The van der Waals surface area contributed by atoms with Crippen LogP contribution in [0.25, 0.3) is 11.1 Å². The van der Waals surface area contributed by atoms with Crippen molar-refractivity contribution >= 4 is 28.8 Å². The van der Waals surface area contributed by atoms with Crippen LogP contribution >= 0.6 is 11.3 Å². The maximum absolute atomic E-state index is 10.5. The van der Waals surface area contributed by atoms with Crippen molar-refractivity contribution in [2.75, 3.05) is 11.1 Å². The largest absolute Gasteiger partial charge is 0.465 e. The molecule has 0 bridgehead atoms. The van der Waals surface area contributed by atoms with Crippen molar-refractivity contribution in [2.24, 2.45) is 0 Å². The lowest BCUT2D eigenvalue weighted by Crippen LogP contribution is -2.09. The lowest BCUT2D eigenvalue weighted by atomic mass is 10.1. The predicted octanol–water partition coefficient (Wildman–Crippen LogP) is 3.09. The summed E-state index contributed by atoms with van der Waals surface area (Å²) in [5, 5.41) is 14.8. The van der Waals surface area contributed by atoms with Crippen LogP contribution in [0.15, 0.2) is 35.0 Å². The topological polar surface area (TPSA) is 75.3 Å². The molecule has 4 N–H and O–H groups in total. The molecule has 0 saturated heterocycles. The summed E-state index contributed by atoms with van der Waals surface area (Å²) < 4.78 is 0. The van der Waals surface area contributed by atoms with Crippen LogP contribution in [-0.4, -0.2) is 11.2 Å². The summed E-state index contributed by atoms with van der Waals surface area (Å²) in [5.74, 6) is 0. The second-order valence-corrected chi connectivity index (χ2v) is 4.02. The van der Waals surface area contributed by atoms with Crippen molar-refractivity contribution < 1.29 is 9.90 Å². The molecule has 0 saturated carbocycles. The summed E-state index contributed by atoms with van der Waals surface area (Å²) in [6, 6.07) is 7.25. The minimum atomic E-state index is -1.12. The molecule has 0 radical (unpaired) electrons. The normalized spacial score (nSPS) is 10.0. The summed E-state index contributed by atoms with van der Waals surface area (Å²) in [6.45, 7) is 0. The van der Waals surface area contributed by atoms with E-state index >= 15 is 0 Å². The number of nitrogens with one attached hydrogen (secondary N) is 1. The number of hydrogen-bond acceptors (Lipinski definition) is 3. The van der Waals surface area contributed by atoms with Crippen LogP contribution in [-0.2, 0) is 0 Å². The van der Waals surface area contributed by atoms with E-state index in [0.717, 1.165) is 11.1 Å². The second kappa shape index (κ2) is 4.24. The van der Waals surface area contributed by atoms with Gasteiger partial charge in [-0.3, -0.25) is 5.32 Å². The first kappa shape index (κ1) is 10.5. The highest BCUT2D eigenvalue weighted by Crippen LogP contribution is 2.28. The molecular weight excluding hydrogens is 224 g/mol. The van der Waals surface area contributed by atoms with Crippen molar-refractivity contribution in [2.45, 2.75) is 0 Å². The molecule has 0 fully saturated rings. The molecule has 1 heterocycles. The van der Waals surface area contributed by atoms with E-state index in [2.05, 4.69) is 5.32 Å². The zero-order valence-electron chi connectivity index (χ0n) is 8.31. The molecule has 0 aliphatic rings. The molecule has 82 valence electrons. The smallest absolute Gasteiger partial charge is 0.409 e. The average Bonchev–Trinajstić information content (AvgIpc) is 2.73. The van der Waals surface area contributed by atoms with Gasteiger partial charge in [0.25, 0.3) is 0 Å². The van der Waals surface area contributed by atoms with Crippen molar-refractivity contribution in [3.63, 3.8) is 0 Å². The van der Waals surface area contributed by atoms with Crippen LogP contribution in [0.1, 0.15) is 0 Å². The fourth-order valence-electron chi connectivity index (χ4n) is 1.40. The highest BCUT2D eigenvalue weighted by atomic mass is 32.1. The van der Waals surface area contributed by atoms with Gasteiger partial charge in [-0.1, -0.05) is 6.07 Å². The molecule has 1 aromatic heterocycles. The van der Waals surface area contributed by atoms with Crippen LogP contribution < -0.4 is 11.1 Å². The summed E-state index contributed by atoms with van der Waals surface area (Å²) in [4.78, 5) is 10.5. The Bertz CT molecular complexity index is 509. The zero-order chi connectivity index (χ0) is 11.5. The SMILES string of the molecule is Nc1cc(-c2ccsc2)ccc1NC(=O)O. The average molecular weight is 234 g/mol. The number of amides is 1. The number of carbonyl (C=O) groups is 1. The van der Waals surface area contributed by atoms with Gasteiger partial charge >= 0.3 is 6.09 Å². The number of nitrogen functional groups attached to an aromatic ring is 1. The Morgan fingerprint density at radius 3 is 2.69 bits per heavy atom. The standard InChI is InChI=1S/C11H10N2O2S/c12-9-5-7(8-3-4-16-6-8)1-2-10(9)13-11(14)15/h1-6,13H,12H2,(H,14,15). The summed E-state index contributed by atoms with van der Waals surface area (Å²) >= 11 is 1.60. The molecule has 2 rings (SSSR count). The van der Waals surface area contributed by atoms with E-state index in [1.54, 1.807) is 23.5 Å². The molecule has 1 aromatic carbocycles. The van der Waals surface area contributed by atoms with E-state index in [4.69, 9.17) is 10.8 Å². The third-order valence-electron chi connectivity index (χ3n) is 2.15. The fourth-order valence-corrected chi connectivity index (χ4v) is 2.07. The van der Waals surface area contributed by atoms with Gasteiger partial charge in [-0.15, -0.1) is 0 Å².